The topological polar surface area (TPSA) is 34.9 Å². The van der Waals surface area contributed by atoms with Gasteiger partial charge in [-0.25, -0.2) is 4.98 Å². The highest BCUT2D eigenvalue weighted by molar-refractivity contribution is 7.18. The van der Waals surface area contributed by atoms with Crippen molar-refractivity contribution >= 4 is 28.7 Å². The van der Waals surface area contributed by atoms with Crippen LogP contribution < -0.4 is 0 Å². The SMILES string of the molecule is O=C(Cn1cnc2c1CCCC2)c1ccc(Cl)s1. The second-order valence-electron chi connectivity index (χ2n) is 4.50. The quantitative estimate of drug-likeness (QED) is 0.808. The number of hydrogen-bond acceptors (Lipinski definition) is 3. The largest absolute Gasteiger partial charge is 0.326 e. The van der Waals surface area contributed by atoms with Crippen LogP contribution in [-0.2, 0) is 19.4 Å². The molecule has 2 aromatic heterocycles. The van der Waals surface area contributed by atoms with Gasteiger partial charge in [-0.15, -0.1) is 11.3 Å². The third-order valence-corrected chi connectivity index (χ3v) is 4.54. The molecule has 2 aromatic rings. The molecule has 0 fully saturated rings. The van der Waals surface area contributed by atoms with Crippen molar-refractivity contribution in [1.82, 2.24) is 9.55 Å². The molecule has 2 heterocycles. The normalized spacial score (nSPS) is 14.5. The number of halogens is 1. The zero-order valence-electron chi connectivity index (χ0n) is 9.86. The van der Waals surface area contributed by atoms with Crippen molar-refractivity contribution in [2.45, 2.75) is 32.2 Å². The minimum atomic E-state index is 0.109. The lowest BCUT2D eigenvalue weighted by molar-refractivity contribution is 0.0975. The zero-order valence-corrected chi connectivity index (χ0v) is 11.4. The smallest absolute Gasteiger partial charge is 0.192 e. The lowest BCUT2D eigenvalue weighted by Crippen LogP contribution is -2.13. The van der Waals surface area contributed by atoms with Gasteiger partial charge >= 0.3 is 0 Å². The summed E-state index contributed by atoms with van der Waals surface area (Å²) in [4.78, 5) is 17.2. The Hall–Kier alpha value is -1.13. The predicted octanol–water partition coefficient (Wildman–Crippen LogP) is 3.36. The maximum Gasteiger partial charge on any atom is 0.192 e. The van der Waals surface area contributed by atoms with Crippen LogP contribution in [0.25, 0.3) is 0 Å². The van der Waals surface area contributed by atoms with Gasteiger partial charge in [0, 0.05) is 5.69 Å². The van der Waals surface area contributed by atoms with Crippen molar-refractivity contribution in [3.8, 4) is 0 Å². The molecule has 0 saturated carbocycles. The summed E-state index contributed by atoms with van der Waals surface area (Å²) < 4.78 is 2.65. The van der Waals surface area contributed by atoms with E-state index in [1.54, 1.807) is 18.5 Å². The molecule has 0 N–H and O–H groups in total. The van der Waals surface area contributed by atoms with Crippen molar-refractivity contribution < 1.29 is 4.79 Å². The Balaban J connectivity index is 1.80. The fraction of sp³-hybridized carbons (Fsp3) is 0.385. The van der Waals surface area contributed by atoms with E-state index in [0.717, 1.165) is 17.7 Å². The average Bonchev–Trinajstić information content (AvgIpc) is 2.97. The fourth-order valence-electron chi connectivity index (χ4n) is 2.36. The first-order chi connectivity index (χ1) is 8.74. The van der Waals surface area contributed by atoms with Gasteiger partial charge in [0.25, 0.3) is 0 Å². The van der Waals surface area contributed by atoms with Gasteiger partial charge in [0.05, 0.1) is 27.8 Å². The van der Waals surface area contributed by atoms with Gasteiger partial charge in [0.1, 0.15) is 0 Å². The predicted molar refractivity (Wildman–Crippen MR) is 72.5 cm³/mol. The second kappa shape index (κ2) is 4.86. The molecule has 0 amide bonds. The lowest BCUT2D eigenvalue weighted by Gasteiger charge is -2.13. The molecule has 3 nitrogen and oxygen atoms in total. The summed E-state index contributed by atoms with van der Waals surface area (Å²) in [7, 11) is 0. The Morgan fingerprint density at radius 3 is 3.00 bits per heavy atom. The van der Waals surface area contributed by atoms with Crippen LogP contribution in [0.5, 0.6) is 0 Å². The molecule has 0 aromatic carbocycles. The maximum absolute atomic E-state index is 12.1. The number of ketones is 1. The van der Waals surface area contributed by atoms with Crippen molar-refractivity contribution in [2.24, 2.45) is 0 Å². The average molecular weight is 281 g/mol. The third kappa shape index (κ3) is 2.22. The van der Waals surface area contributed by atoms with Crippen LogP contribution in [0.4, 0.5) is 0 Å². The second-order valence-corrected chi connectivity index (χ2v) is 6.21. The van der Waals surface area contributed by atoms with E-state index in [-0.39, 0.29) is 5.78 Å². The number of carbonyl (C=O) groups is 1. The number of aromatic nitrogens is 2. The highest BCUT2D eigenvalue weighted by Crippen LogP contribution is 2.24. The molecule has 1 aliphatic carbocycles. The first kappa shape index (κ1) is 11.9. The van der Waals surface area contributed by atoms with E-state index in [0.29, 0.717) is 10.9 Å². The minimum Gasteiger partial charge on any atom is -0.326 e. The van der Waals surface area contributed by atoms with Gasteiger partial charge in [-0.1, -0.05) is 11.6 Å². The summed E-state index contributed by atoms with van der Waals surface area (Å²) in [6, 6.07) is 3.56. The fourth-order valence-corrected chi connectivity index (χ4v) is 3.34. The van der Waals surface area contributed by atoms with Crippen LogP contribution >= 0.6 is 22.9 Å². The standard InChI is InChI=1S/C13H13ClN2OS/c14-13-6-5-12(18-13)11(17)7-16-8-15-9-3-1-2-4-10(9)16/h5-6,8H,1-4,7H2. The summed E-state index contributed by atoms with van der Waals surface area (Å²) in [6.07, 6.45) is 6.27. The number of fused-ring (bicyclic) bond motifs is 1. The molecule has 94 valence electrons. The molecular formula is C13H13ClN2OS. The Kier molecular flexibility index (Phi) is 3.22. The van der Waals surface area contributed by atoms with Gasteiger partial charge in [0.2, 0.25) is 0 Å². The monoisotopic (exact) mass is 280 g/mol. The molecule has 0 atom stereocenters. The summed E-state index contributed by atoms with van der Waals surface area (Å²) in [5.41, 5.74) is 2.40. The highest BCUT2D eigenvalue weighted by Gasteiger charge is 2.17. The molecule has 0 saturated heterocycles. The maximum atomic E-state index is 12.1. The molecule has 5 heteroatoms. The number of rotatable bonds is 3. The molecule has 0 radical (unpaired) electrons. The van der Waals surface area contributed by atoms with Gasteiger partial charge in [0.15, 0.2) is 5.78 Å². The molecule has 0 spiro atoms. The minimum absolute atomic E-state index is 0.109. The van der Waals surface area contributed by atoms with Crippen LogP contribution in [0.15, 0.2) is 18.5 Å². The van der Waals surface area contributed by atoms with Crippen LogP contribution in [-0.4, -0.2) is 15.3 Å². The van der Waals surface area contributed by atoms with E-state index in [2.05, 4.69) is 4.98 Å². The van der Waals surface area contributed by atoms with Gasteiger partial charge < -0.3 is 4.57 Å². The Morgan fingerprint density at radius 2 is 2.22 bits per heavy atom. The number of hydrogen-bond donors (Lipinski definition) is 0. The zero-order chi connectivity index (χ0) is 12.5. The first-order valence-electron chi connectivity index (χ1n) is 6.05. The molecule has 3 rings (SSSR count). The third-order valence-electron chi connectivity index (χ3n) is 3.27. The number of aryl methyl sites for hydroxylation is 1. The van der Waals surface area contributed by atoms with Gasteiger partial charge in [-0.05, 0) is 37.8 Å². The summed E-state index contributed by atoms with van der Waals surface area (Å²) in [6.45, 7) is 0.374. The molecular weight excluding hydrogens is 268 g/mol. The Labute approximate surface area is 114 Å². The number of Topliss-reactive ketones (excluding diaryl/α,β-unsaturated/α-hetero) is 1. The van der Waals surface area contributed by atoms with E-state index >= 15 is 0 Å². The van der Waals surface area contributed by atoms with E-state index in [4.69, 9.17) is 11.6 Å². The van der Waals surface area contributed by atoms with Crippen LogP contribution in [0, 0.1) is 0 Å². The molecule has 0 aliphatic heterocycles. The summed E-state index contributed by atoms with van der Waals surface area (Å²) in [5.74, 6) is 0.109. The number of carbonyl (C=O) groups excluding carboxylic acids is 1. The number of thiophene rings is 1. The molecule has 0 unspecified atom stereocenters. The van der Waals surface area contributed by atoms with Gasteiger partial charge in [-0.3, -0.25) is 4.79 Å². The van der Waals surface area contributed by atoms with Crippen LogP contribution in [0.3, 0.4) is 0 Å². The Bertz CT molecular complexity index is 588. The van der Waals surface area contributed by atoms with Crippen LogP contribution in [0.1, 0.15) is 33.9 Å². The summed E-state index contributed by atoms with van der Waals surface area (Å²) >= 11 is 7.19. The highest BCUT2D eigenvalue weighted by atomic mass is 35.5. The van der Waals surface area contributed by atoms with E-state index in [1.165, 1.54) is 35.6 Å². The molecule has 1 aliphatic rings. The lowest BCUT2D eigenvalue weighted by atomic mass is 10.0. The van der Waals surface area contributed by atoms with Crippen molar-refractivity contribution in [2.75, 3.05) is 0 Å². The van der Waals surface area contributed by atoms with Crippen LogP contribution in [0.2, 0.25) is 4.34 Å². The van der Waals surface area contributed by atoms with E-state index in [9.17, 15) is 4.79 Å². The first-order valence-corrected chi connectivity index (χ1v) is 7.25. The molecule has 18 heavy (non-hydrogen) atoms. The number of imidazole rings is 1. The Morgan fingerprint density at radius 1 is 1.39 bits per heavy atom. The molecule has 0 bridgehead atoms. The summed E-state index contributed by atoms with van der Waals surface area (Å²) in [5, 5.41) is 0. The van der Waals surface area contributed by atoms with Crippen molar-refractivity contribution in [1.29, 1.82) is 0 Å². The van der Waals surface area contributed by atoms with Gasteiger partial charge in [-0.2, -0.15) is 0 Å². The van der Waals surface area contributed by atoms with Crippen molar-refractivity contribution in [3.63, 3.8) is 0 Å². The van der Waals surface area contributed by atoms with E-state index < -0.39 is 0 Å². The van der Waals surface area contributed by atoms with Crippen molar-refractivity contribution in [3.05, 3.63) is 39.1 Å². The van der Waals surface area contributed by atoms with E-state index in [1.807, 2.05) is 4.57 Å². The number of nitrogens with zero attached hydrogens (tertiary/aromatic N) is 2.